The van der Waals surface area contributed by atoms with Gasteiger partial charge in [-0.05, 0) is 12.5 Å². The van der Waals surface area contributed by atoms with E-state index in [1.54, 1.807) is 6.20 Å². The van der Waals surface area contributed by atoms with Gasteiger partial charge >= 0.3 is 0 Å². The van der Waals surface area contributed by atoms with Crippen LogP contribution in [0.3, 0.4) is 0 Å². The van der Waals surface area contributed by atoms with Crippen molar-refractivity contribution in [2.45, 2.75) is 24.9 Å². The zero-order valence-corrected chi connectivity index (χ0v) is 13.7. The Morgan fingerprint density at radius 1 is 1.42 bits per heavy atom. The summed E-state index contributed by atoms with van der Waals surface area (Å²) in [4.78, 5) is 19.1. The number of fused-ring (bicyclic) bond motifs is 3. The van der Waals surface area contributed by atoms with Crippen LogP contribution in [-0.4, -0.2) is 57.9 Å². The van der Waals surface area contributed by atoms with E-state index in [1.165, 1.54) is 10.7 Å². The molecule has 0 aromatic carbocycles. The van der Waals surface area contributed by atoms with Gasteiger partial charge in [0.25, 0.3) is 12.3 Å². The minimum absolute atomic E-state index is 0.122. The molecule has 4 rings (SSSR count). The number of morpholine rings is 1. The number of anilines is 1. The maximum absolute atomic E-state index is 12.5. The minimum Gasteiger partial charge on any atom is -0.377 e. The molecular weight excluding hydrogens is 346 g/mol. The number of rotatable bonds is 5. The van der Waals surface area contributed by atoms with Gasteiger partial charge in [0.2, 0.25) is 0 Å². The summed E-state index contributed by atoms with van der Waals surface area (Å²) in [6.45, 7) is 4.60. The van der Waals surface area contributed by atoms with Gasteiger partial charge in [-0.2, -0.15) is 5.10 Å². The van der Waals surface area contributed by atoms with E-state index in [9.17, 15) is 13.6 Å². The standard InChI is InChI=1S/C16H16F2N6O2/c1-8(13(19)14(17)18)21-16(25)11-5-20-23-3-2-12(22-15(11)23)24-9-4-10(24)7-26-6-9/h2-3,5,9-10,14,19H,1,4,6-7H2,(H,21,25). The second kappa shape index (κ2) is 6.13. The average Bonchev–Trinajstić information content (AvgIpc) is 3.04. The van der Waals surface area contributed by atoms with Crippen molar-refractivity contribution in [1.82, 2.24) is 19.9 Å². The van der Waals surface area contributed by atoms with Gasteiger partial charge in [-0.25, -0.2) is 18.3 Å². The Kier molecular flexibility index (Phi) is 3.91. The predicted octanol–water partition coefficient (Wildman–Crippen LogP) is 1.24. The van der Waals surface area contributed by atoms with Gasteiger partial charge in [-0.1, -0.05) is 6.58 Å². The minimum atomic E-state index is -3.01. The maximum atomic E-state index is 12.5. The molecular formula is C16H16F2N6O2. The number of ether oxygens (including phenoxy) is 1. The van der Waals surface area contributed by atoms with Crippen LogP contribution in [0.15, 0.2) is 30.7 Å². The molecule has 8 nitrogen and oxygen atoms in total. The molecule has 2 saturated heterocycles. The van der Waals surface area contributed by atoms with E-state index in [0.29, 0.717) is 18.9 Å². The Morgan fingerprint density at radius 2 is 2.15 bits per heavy atom. The fraction of sp³-hybridized carbons (Fsp3) is 0.375. The highest BCUT2D eigenvalue weighted by Crippen LogP contribution is 2.35. The van der Waals surface area contributed by atoms with Crippen molar-refractivity contribution in [2.75, 3.05) is 18.1 Å². The zero-order valence-electron chi connectivity index (χ0n) is 13.7. The number of nitrogens with one attached hydrogen (secondary N) is 2. The third-order valence-electron chi connectivity index (χ3n) is 4.62. The number of aromatic nitrogens is 3. The first-order valence-corrected chi connectivity index (χ1v) is 8.03. The topological polar surface area (TPSA) is 95.6 Å². The summed E-state index contributed by atoms with van der Waals surface area (Å²) in [6.07, 6.45) is 1.04. The van der Waals surface area contributed by atoms with Gasteiger partial charge in [0.05, 0.1) is 37.2 Å². The molecule has 10 heteroatoms. The molecule has 2 aromatic rings. The van der Waals surface area contributed by atoms with Crippen molar-refractivity contribution < 1.29 is 18.3 Å². The van der Waals surface area contributed by atoms with Crippen LogP contribution in [0, 0.1) is 5.41 Å². The number of carbonyl (C=O) groups is 1. The summed E-state index contributed by atoms with van der Waals surface area (Å²) in [5.41, 5.74) is -1.05. The Bertz CT molecular complexity index is 897. The van der Waals surface area contributed by atoms with Gasteiger partial charge in [-0.15, -0.1) is 0 Å². The van der Waals surface area contributed by atoms with Gasteiger partial charge in [0.1, 0.15) is 17.1 Å². The number of amides is 1. The third-order valence-corrected chi connectivity index (χ3v) is 4.62. The monoisotopic (exact) mass is 362 g/mol. The van der Waals surface area contributed by atoms with Crippen molar-refractivity contribution in [3.05, 3.63) is 36.3 Å². The lowest BCUT2D eigenvalue weighted by atomic mass is 9.91. The van der Waals surface area contributed by atoms with E-state index in [-0.39, 0.29) is 17.6 Å². The van der Waals surface area contributed by atoms with Crippen LogP contribution in [0.1, 0.15) is 16.8 Å². The quantitative estimate of drug-likeness (QED) is 0.780. The molecule has 1 amide bonds. The molecule has 0 aliphatic carbocycles. The fourth-order valence-electron chi connectivity index (χ4n) is 3.28. The van der Waals surface area contributed by atoms with Crippen molar-refractivity contribution in [3.63, 3.8) is 0 Å². The average molecular weight is 362 g/mol. The number of hydrogen-bond donors (Lipinski definition) is 2. The lowest BCUT2D eigenvalue weighted by molar-refractivity contribution is 0.00972. The van der Waals surface area contributed by atoms with Crippen molar-refractivity contribution in [2.24, 2.45) is 0 Å². The van der Waals surface area contributed by atoms with E-state index in [0.717, 1.165) is 12.2 Å². The van der Waals surface area contributed by atoms with E-state index >= 15 is 0 Å². The fourth-order valence-corrected chi connectivity index (χ4v) is 3.28. The summed E-state index contributed by atoms with van der Waals surface area (Å²) in [6, 6.07) is 2.36. The molecule has 2 aliphatic rings. The second-order valence-electron chi connectivity index (χ2n) is 6.25. The first-order valence-electron chi connectivity index (χ1n) is 8.03. The molecule has 2 bridgehead atoms. The molecule has 26 heavy (non-hydrogen) atoms. The molecule has 0 saturated carbocycles. The Hall–Kier alpha value is -2.88. The number of allylic oxidation sites excluding steroid dienone is 1. The lowest BCUT2D eigenvalue weighted by Crippen LogP contribution is -2.64. The SMILES string of the molecule is C=C(NC(=O)c1cnn2ccc(N3C4COCC3C4)nc12)C(=N)C(F)F. The van der Waals surface area contributed by atoms with Crippen LogP contribution in [-0.2, 0) is 4.74 Å². The molecule has 2 fully saturated rings. The molecule has 2 atom stereocenters. The van der Waals surface area contributed by atoms with Crippen LogP contribution in [0.25, 0.3) is 5.65 Å². The number of nitrogens with zero attached hydrogens (tertiary/aromatic N) is 4. The van der Waals surface area contributed by atoms with Gasteiger partial charge < -0.3 is 15.0 Å². The highest BCUT2D eigenvalue weighted by molar-refractivity contribution is 6.07. The first kappa shape index (κ1) is 16.6. The summed E-state index contributed by atoms with van der Waals surface area (Å²) < 4.78 is 32.0. The molecule has 0 radical (unpaired) electrons. The van der Waals surface area contributed by atoms with Crippen LogP contribution in [0.2, 0.25) is 0 Å². The van der Waals surface area contributed by atoms with Crippen LogP contribution in [0.4, 0.5) is 14.6 Å². The predicted molar refractivity (Wildman–Crippen MR) is 88.8 cm³/mol. The van der Waals surface area contributed by atoms with Crippen LogP contribution >= 0.6 is 0 Å². The molecule has 4 heterocycles. The Labute approximate surface area is 147 Å². The van der Waals surface area contributed by atoms with E-state index in [1.807, 2.05) is 6.07 Å². The normalized spacial score (nSPS) is 21.6. The highest BCUT2D eigenvalue weighted by atomic mass is 19.3. The molecule has 2 aliphatic heterocycles. The Morgan fingerprint density at radius 3 is 2.81 bits per heavy atom. The van der Waals surface area contributed by atoms with Gasteiger partial charge in [0, 0.05) is 6.20 Å². The Balaban J connectivity index is 1.60. The highest BCUT2D eigenvalue weighted by Gasteiger charge is 2.43. The third kappa shape index (κ3) is 2.62. The number of carbonyl (C=O) groups excluding carboxylic acids is 1. The van der Waals surface area contributed by atoms with Crippen molar-refractivity contribution >= 4 is 23.1 Å². The van der Waals surface area contributed by atoms with Crippen molar-refractivity contribution in [1.29, 1.82) is 5.41 Å². The van der Waals surface area contributed by atoms with E-state index < -0.39 is 23.7 Å². The van der Waals surface area contributed by atoms with E-state index in [2.05, 4.69) is 26.9 Å². The van der Waals surface area contributed by atoms with Gasteiger partial charge in [-0.3, -0.25) is 10.2 Å². The van der Waals surface area contributed by atoms with Gasteiger partial charge in [0.15, 0.2) is 5.65 Å². The zero-order chi connectivity index (χ0) is 18.4. The van der Waals surface area contributed by atoms with Crippen LogP contribution < -0.4 is 10.2 Å². The number of alkyl halides is 2. The van der Waals surface area contributed by atoms with Crippen LogP contribution in [0.5, 0.6) is 0 Å². The summed E-state index contributed by atoms with van der Waals surface area (Å²) in [5.74, 6) is 0.0305. The summed E-state index contributed by atoms with van der Waals surface area (Å²) >= 11 is 0. The lowest BCUT2D eigenvalue weighted by Gasteiger charge is -2.53. The summed E-state index contributed by atoms with van der Waals surface area (Å²) in [7, 11) is 0. The molecule has 2 N–H and O–H groups in total. The first-order chi connectivity index (χ1) is 12.5. The molecule has 0 spiro atoms. The number of hydrogen-bond acceptors (Lipinski definition) is 6. The smallest absolute Gasteiger partial charge is 0.281 e. The summed E-state index contributed by atoms with van der Waals surface area (Å²) in [5, 5.41) is 13.5. The van der Waals surface area contributed by atoms with E-state index in [4.69, 9.17) is 10.1 Å². The largest absolute Gasteiger partial charge is 0.377 e. The maximum Gasteiger partial charge on any atom is 0.281 e. The number of halogens is 2. The molecule has 2 unspecified atom stereocenters. The molecule has 136 valence electrons. The van der Waals surface area contributed by atoms with Crippen molar-refractivity contribution in [3.8, 4) is 0 Å². The molecule has 2 aromatic heterocycles. The second-order valence-corrected chi connectivity index (χ2v) is 6.25.